The summed E-state index contributed by atoms with van der Waals surface area (Å²) in [7, 11) is 0. The molecule has 0 bridgehead atoms. The Morgan fingerprint density at radius 1 is 1.09 bits per heavy atom. The Kier molecular flexibility index (Phi) is 5.41. The number of carboxylic acids is 1. The van der Waals surface area contributed by atoms with E-state index in [1.807, 2.05) is 36.4 Å². The van der Waals surface area contributed by atoms with Crippen LogP contribution >= 0.6 is 15.9 Å². The van der Waals surface area contributed by atoms with Gasteiger partial charge in [-0.15, -0.1) is 0 Å². The second kappa shape index (κ2) is 8.24. The van der Waals surface area contributed by atoms with Gasteiger partial charge in [-0.1, -0.05) is 49.6 Å². The highest BCUT2D eigenvalue weighted by atomic mass is 79.9. The summed E-state index contributed by atoms with van der Waals surface area (Å²) in [6.07, 6.45) is 7.68. The van der Waals surface area contributed by atoms with Crippen LogP contribution in [0.4, 0.5) is 0 Å². The zero-order valence-electron chi connectivity index (χ0n) is 17.6. The Morgan fingerprint density at radius 3 is 2.56 bits per heavy atom. The third kappa shape index (κ3) is 3.66. The molecule has 1 aliphatic heterocycles. The predicted octanol–water partition coefficient (Wildman–Crippen LogP) is 5.77. The number of rotatable bonds is 4. The van der Waals surface area contributed by atoms with Crippen LogP contribution in [0.3, 0.4) is 0 Å². The van der Waals surface area contributed by atoms with E-state index < -0.39 is 11.4 Å². The van der Waals surface area contributed by atoms with E-state index in [9.17, 15) is 14.7 Å². The fourth-order valence-electron chi connectivity index (χ4n) is 5.19. The van der Waals surface area contributed by atoms with Gasteiger partial charge in [0.05, 0.1) is 10.2 Å². The average molecular weight is 494 g/mol. The molecule has 3 aromatic rings. The fourth-order valence-corrected chi connectivity index (χ4v) is 5.65. The Hall–Kier alpha value is -2.86. The summed E-state index contributed by atoms with van der Waals surface area (Å²) < 4.78 is 9.03. The van der Waals surface area contributed by atoms with Crippen LogP contribution in [0.25, 0.3) is 11.3 Å². The zero-order chi connectivity index (χ0) is 22.3. The first-order valence-electron chi connectivity index (χ1n) is 11.0. The lowest BCUT2D eigenvalue weighted by Gasteiger charge is -2.45. The Labute approximate surface area is 194 Å². The summed E-state index contributed by atoms with van der Waals surface area (Å²) in [5.74, 6) is -0.399. The molecule has 1 spiro atoms. The Balaban J connectivity index is 1.60. The Morgan fingerprint density at radius 2 is 1.84 bits per heavy atom. The van der Waals surface area contributed by atoms with Crippen LogP contribution in [0.2, 0.25) is 0 Å². The summed E-state index contributed by atoms with van der Waals surface area (Å²) in [6, 6.07) is 15.6. The van der Waals surface area contributed by atoms with E-state index in [0.717, 1.165) is 64.7 Å². The SMILES string of the molecule is O=C(O)c1cn2c(cc1=O)-c1cc(Br)c(OCc3ccccc3)cc1CC21CCCCC1. The van der Waals surface area contributed by atoms with Crippen molar-refractivity contribution in [3.8, 4) is 17.0 Å². The maximum absolute atomic E-state index is 12.6. The molecule has 2 aromatic carbocycles. The van der Waals surface area contributed by atoms with Gasteiger partial charge in [-0.2, -0.15) is 0 Å². The van der Waals surface area contributed by atoms with Crippen molar-refractivity contribution in [2.24, 2.45) is 0 Å². The predicted molar refractivity (Wildman–Crippen MR) is 126 cm³/mol. The van der Waals surface area contributed by atoms with Crippen LogP contribution in [0, 0.1) is 0 Å². The third-order valence-corrected chi connectivity index (χ3v) is 7.39. The zero-order valence-corrected chi connectivity index (χ0v) is 19.2. The number of aromatic nitrogens is 1. The molecule has 0 radical (unpaired) electrons. The van der Waals surface area contributed by atoms with Crippen LogP contribution in [0.15, 0.2) is 64.0 Å². The van der Waals surface area contributed by atoms with Gasteiger partial charge < -0.3 is 14.4 Å². The number of benzene rings is 2. The molecule has 5 rings (SSSR count). The molecule has 0 unspecified atom stereocenters. The van der Waals surface area contributed by atoms with E-state index in [0.29, 0.717) is 6.61 Å². The molecular formula is C26H24BrNO4. The van der Waals surface area contributed by atoms with Crippen molar-refractivity contribution in [2.75, 3.05) is 0 Å². The molecular weight excluding hydrogens is 470 g/mol. The molecule has 164 valence electrons. The van der Waals surface area contributed by atoms with E-state index in [1.165, 1.54) is 12.5 Å². The van der Waals surface area contributed by atoms with E-state index in [-0.39, 0.29) is 11.1 Å². The average Bonchev–Trinajstić information content (AvgIpc) is 2.79. The van der Waals surface area contributed by atoms with Crippen molar-refractivity contribution in [3.05, 3.63) is 86.1 Å². The molecule has 2 aliphatic rings. The number of carboxylic acid groups (broad SMARTS) is 1. The molecule has 1 N–H and O–H groups in total. The lowest BCUT2D eigenvalue weighted by Crippen LogP contribution is -2.42. The normalized spacial score (nSPS) is 16.3. The summed E-state index contributed by atoms with van der Waals surface area (Å²) in [5, 5.41) is 9.55. The Bertz CT molecular complexity index is 1240. The van der Waals surface area contributed by atoms with Crippen LogP contribution < -0.4 is 10.2 Å². The maximum atomic E-state index is 12.6. The lowest BCUT2D eigenvalue weighted by molar-refractivity contribution is 0.0693. The molecule has 0 atom stereocenters. The minimum Gasteiger partial charge on any atom is -0.488 e. The number of pyridine rings is 1. The topological polar surface area (TPSA) is 68.5 Å². The van der Waals surface area contributed by atoms with Crippen molar-refractivity contribution in [3.63, 3.8) is 0 Å². The van der Waals surface area contributed by atoms with Gasteiger partial charge in [-0.25, -0.2) is 4.79 Å². The first-order chi connectivity index (χ1) is 15.5. The molecule has 5 nitrogen and oxygen atoms in total. The lowest BCUT2D eigenvalue weighted by atomic mass is 9.73. The third-order valence-electron chi connectivity index (χ3n) is 6.77. The smallest absolute Gasteiger partial charge is 0.341 e. The summed E-state index contributed by atoms with van der Waals surface area (Å²) in [6.45, 7) is 0.474. The molecule has 0 amide bonds. The number of halogens is 1. The number of hydrogen-bond acceptors (Lipinski definition) is 3. The summed E-state index contributed by atoms with van der Waals surface area (Å²) >= 11 is 3.64. The molecule has 0 saturated heterocycles. The standard InChI is InChI=1S/C26H24BrNO4/c27-21-12-19-18(11-24(21)32-16-17-7-3-1-4-8-17)14-26(9-5-2-6-10-26)28-15-20(25(30)31)23(29)13-22(19)28/h1,3-4,7-8,11-13,15H,2,5-6,9-10,14,16H2,(H,30,31). The first-order valence-corrected chi connectivity index (χ1v) is 11.8. The van der Waals surface area contributed by atoms with Crippen molar-refractivity contribution in [1.82, 2.24) is 4.57 Å². The molecule has 32 heavy (non-hydrogen) atoms. The monoisotopic (exact) mass is 493 g/mol. The molecule has 1 saturated carbocycles. The van der Waals surface area contributed by atoms with Crippen molar-refractivity contribution in [1.29, 1.82) is 0 Å². The van der Waals surface area contributed by atoms with E-state index in [4.69, 9.17) is 4.74 Å². The minimum absolute atomic E-state index is 0.163. The number of hydrogen-bond donors (Lipinski definition) is 1. The highest BCUT2D eigenvalue weighted by Crippen LogP contribution is 2.47. The van der Waals surface area contributed by atoms with Crippen LogP contribution in [0.1, 0.15) is 53.6 Å². The molecule has 1 aromatic heterocycles. The van der Waals surface area contributed by atoms with Crippen molar-refractivity contribution >= 4 is 21.9 Å². The van der Waals surface area contributed by atoms with Gasteiger partial charge in [-0.05, 0) is 58.5 Å². The molecule has 1 fully saturated rings. The minimum atomic E-state index is -1.17. The van der Waals surface area contributed by atoms with Crippen LogP contribution in [-0.2, 0) is 18.6 Å². The van der Waals surface area contributed by atoms with E-state index in [1.54, 1.807) is 6.20 Å². The second-order valence-corrected chi connectivity index (χ2v) is 9.64. The van der Waals surface area contributed by atoms with Gasteiger partial charge in [0.1, 0.15) is 17.9 Å². The molecule has 2 heterocycles. The molecule has 1 aliphatic carbocycles. The largest absolute Gasteiger partial charge is 0.488 e. The second-order valence-electron chi connectivity index (χ2n) is 8.79. The summed E-state index contributed by atoms with van der Waals surface area (Å²) in [5.41, 5.74) is 3.16. The number of carbonyl (C=O) groups is 1. The van der Waals surface area contributed by atoms with Gasteiger partial charge >= 0.3 is 5.97 Å². The number of aromatic carboxylic acids is 1. The van der Waals surface area contributed by atoms with Gasteiger partial charge in [0, 0.05) is 23.4 Å². The van der Waals surface area contributed by atoms with Gasteiger partial charge in [0.25, 0.3) is 0 Å². The quantitative estimate of drug-likeness (QED) is 0.500. The highest BCUT2D eigenvalue weighted by molar-refractivity contribution is 9.10. The van der Waals surface area contributed by atoms with Crippen LogP contribution in [-0.4, -0.2) is 15.6 Å². The van der Waals surface area contributed by atoms with Gasteiger partial charge in [-0.3, -0.25) is 4.79 Å². The molecule has 6 heteroatoms. The number of ether oxygens (including phenoxy) is 1. The van der Waals surface area contributed by atoms with E-state index >= 15 is 0 Å². The van der Waals surface area contributed by atoms with Crippen molar-refractivity contribution in [2.45, 2.75) is 50.7 Å². The van der Waals surface area contributed by atoms with Gasteiger partial charge in [0.15, 0.2) is 5.43 Å². The van der Waals surface area contributed by atoms with Crippen molar-refractivity contribution < 1.29 is 14.6 Å². The van der Waals surface area contributed by atoms with Gasteiger partial charge in [0.2, 0.25) is 0 Å². The van der Waals surface area contributed by atoms with E-state index in [2.05, 4.69) is 26.6 Å². The maximum Gasteiger partial charge on any atom is 0.341 e. The number of fused-ring (bicyclic) bond motifs is 4. The first kappa shape index (κ1) is 21.0. The summed E-state index contributed by atoms with van der Waals surface area (Å²) in [4.78, 5) is 24.3. The number of nitrogens with zero attached hydrogens (tertiary/aromatic N) is 1. The van der Waals surface area contributed by atoms with Crippen LogP contribution in [0.5, 0.6) is 5.75 Å². The highest BCUT2D eigenvalue weighted by Gasteiger charge is 2.40. The fraction of sp³-hybridized carbons (Fsp3) is 0.308.